The Labute approximate surface area is 106 Å². The average molecular weight is 250 g/mol. The summed E-state index contributed by atoms with van der Waals surface area (Å²) < 4.78 is 0. The minimum atomic E-state index is -0.296. The van der Waals surface area contributed by atoms with Crippen LogP contribution < -0.4 is 5.32 Å². The molecule has 98 valence electrons. The van der Waals surface area contributed by atoms with Gasteiger partial charge in [0.25, 0.3) is 5.91 Å². The van der Waals surface area contributed by atoms with Crippen LogP contribution in [0.25, 0.3) is 0 Å². The van der Waals surface area contributed by atoms with E-state index < -0.39 is 0 Å². The molecule has 5 heteroatoms. The second-order valence-corrected chi connectivity index (χ2v) is 4.79. The summed E-state index contributed by atoms with van der Waals surface area (Å²) in [5, 5.41) is 21.8. The maximum atomic E-state index is 11.8. The van der Waals surface area contributed by atoms with Crippen LogP contribution in [0.2, 0.25) is 0 Å². The van der Waals surface area contributed by atoms with Crippen LogP contribution in [0, 0.1) is 5.92 Å². The van der Waals surface area contributed by atoms with Crippen molar-refractivity contribution in [2.24, 2.45) is 5.92 Å². The summed E-state index contributed by atoms with van der Waals surface area (Å²) in [6, 6.07) is 1.49. The van der Waals surface area contributed by atoms with E-state index in [0.29, 0.717) is 12.5 Å². The molecular weight excluding hydrogens is 232 g/mol. The molecule has 2 rings (SSSR count). The average Bonchev–Trinajstić information content (AvgIpc) is 2.37. The molecule has 0 spiro atoms. The molecule has 2 unspecified atom stereocenters. The summed E-state index contributed by atoms with van der Waals surface area (Å²) in [4.78, 5) is 15.6. The lowest BCUT2D eigenvalue weighted by Crippen LogP contribution is -2.33. The van der Waals surface area contributed by atoms with Gasteiger partial charge >= 0.3 is 0 Å². The van der Waals surface area contributed by atoms with Crippen LogP contribution in [-0.2, 0) is 0 Å². The van der Waals surface area contributed by atoms with Crippen LogP contribution in [-0.4, -0.2) is 33.8 Å². The van der Waals surface area contributed by atoms with Gasteiger partial charge in [-0.15, -0.1) is 0 Å². The first-order chi connectivity index (χ1) is 8.66. The van der Waals surface area contributed by atoms with Gasteiger partial charge in [0.1, 0.15) is 5.75 Å². The van der Waals surface area contributed by atoms with Gasteiger partial charge in [-0.25, -0.2) is 0 Å². The predicted octanol–water partition coefficient (Wildman–Crippen LogP) is 1.07. The van der Waals surface area contributed by atoms with Gasteiger partial charge in [-0.2, -0.15) is 0 Å². The molecule has 1 aliphatic carbocycles. The Hall–Kier alpha value is -1.62. The number of aromatic nitrogens is 1. The number of aliphatic hydroxyl groups excluding tert-OH is 1. The maximum Gasteiger partial charge on any atom is 0.255 e. The zero-order valence-corrected chi connectivity index (χ0v) is 10.2. The molecule has 1 saturated carbocycles. The zero-order chi connectivity index (χ0) is 13.0. The van der Waals surface area contributed by atoms with Crippen LogP contribution in [0.3, 0.4) is 0 Å². The number of hydrogen-bond acceptors (Lipinski definition) is 4. The molecule has 2 atom stereocenters. The normalized spacial score (nSPS) is 23.6. The molecule has 0 bridgehead atoms. The maximum absolute atomic E-state index is 11.8. The number of aliphatic hydroxyl groups is 1. The van der Waals surface area contributed by atoms with Crippen LogP contribution in [0.15, 0.2) is 18.5 Å². The molecular formula is C13H18N2O3. The summed E-state index contributed by atoms with van der Waals surface area (Å²) in [6.07, 6.45) is 6.10. The van der Waals surface area contributed by atoms with Crippen LogP contribution >= 0.6 is 0 Å². The smallest absolute Gasteiger partial charge is 0.255 e. The number of aromatic hydroxyl groups is 1. The fourth-order valence-corrected chi connectivity index (χ4v) is 2.36. The molecule has 0 radical (unpaired) electrons. The minimum absolute atomic E-state index is 0.112. The summed E-state index contributed by atoms with van der Waals surface area (Å²) in [7, 11) is 0. The van der Waals surface area contributed by atoms with Crippen molar-refractivity contribution in [2.45, 2.75) is 31.8 Å². The van der Waals surface area contributed by atoms with Crippen molar-refractivity contribution >= 4 is 5.91 Å². The van der Waals surface area contributed by atoms with Crippen molar-refractivity contribution in [3.63, 3.8) is 0 Å². The van der Waals surface area contributed by atoms with E-state index in [1.165, 1.54) is 18.5 Å². The van der Waals surface area contributed by atoms with E-state index in [1.807, 2.05) is 0 Å². The first-order valence-corrected chi connectivity index (χ1v) is 6.26. The van der Waals surface area contributed by atoms with Crippen molar-refractivity contribution in [1.82, 2.24) is 10.3 Å². The van der Waals surface area contributed by atoms with E-state index >= 15 is 0 Å². The first kappa shape index (κ1) is 12.8. The summed E-state index contributed by atoms with van der Waals surface area (Å²) in [6.45, 7) is 0.539. The van der Waals surface area contributed by atoms with Gasteiger partial charge in [-0.1, -0.05) is 6.42 Å². The quantitative estimate of drug-likeness (QED) is 0.749. The van der Waals surface area contributed by atoms with Gasteiger partial charge < -0.3 is 15.5 Å². The highest BCUT2D eigenvalue weighted by atomic mass is 16.3. The van der Waals surface area contributed by atoms with E-state index in [1.54, 1.807) is 0 Å². The van der Waals surface area contributed by atoms with Crippen LogP contribution in [0.4, 0.5) is 0 Å². The number of pyridine rings is 1. The molecule has 18 heavy (non-hydrogen) atoms. The van der Waals surface area contributed by atoms with Crippen LogP contribution in [0.1, 0.15) is 36.0 Å². The highest BCUT2D eigenvalue weighted by Gasteiger charge is 2.21. The van der Waals surface area contributed by atoms with E-state index in [0.717, 1.165) is 25.7 Å². The lowest BCUT2D eigenvalue weighted by Gasteiger charge is -2.25. The predicted molar refractivity (Wildman–Crippen MR) is 66.2 cm³/mol. The molecule has 1 aliphatic rings. The number of nitrogens with zero attached hydrogens (tertiary/aromatic N) is 1. The number of rotatable bonds is 3. The van der Waals surface area contributed by atoms with Gasteiger partial charge in [-0.05, 0) is 31.2 Å². The molecule has 1 heterocycles. The number of carbonyl (C=O) groups excluding carboxylic acids is 1. The standard InChI is InChI=1S/C13H18N2O3/c16-10-3-1-2-9(6-10)7-15-13(18)11-4-5-14-8-12(11)17/h4-5,8-10,16-17H,1-3,6-7H2,(H,15,18). The molecule has 3 N–H and O–H groups in total. The van der Waals surface area contributed by atoms with Crippen molar-refractivity contribution in [3.05, 3.63) is 24.0 Å². The second-order valence-electron chi connectivity index (χ2n) is 4.79. The Morgan fingerprint density at radius 1 is 1.50 bits per heavy atom. The number of nitrogens with one attached hydrogen (secondary N) is 1. The van der Waals surface area contributed by atoms with Gasteiger partial charge in [0.15, 0.2) is 0 Å². The Bertz CT molecular complexity index is 422. The Balaban J connectivity index is 1.87. The first-order valence-electron chi connectivity index (χ1n) is 6.26. The van der Waals surface area contributed by atoms with Gasteiger partial charge in [0, 0.05) is 12.7 Å². The molecule has 1 fully saturated rings. The monoisotopic (exact) mass is 250 g/mol. The van der Waals surface area contributed by atoms with Gasteiger partial charge in [0.2, 0.25) is 0 Å². The Kier molecular flexibility index (Phi) is 4.15. The minimum Gasteiger partial charge on any atom is -0.505 e. The third-order valence-electron chi connectivity index (χ3n) is 3.35. The number of hydrogen-bond donors (Lipinski definition) is 3. The second kappa shape index (κ2) is 5.82. The van der Waals surface area contributed by atoms with Crippen LogP contribution in [0.5, 0.6) is 5.75 Å². The Morgan fingerprint density at radius 2 is 2.33 bits per heavy atom. The third kappa shape index (κ3) is 3.20. The van der Waals surface area contributed by atoms with E-state index in [9.17, 15) is 15.0 Å². The topological polar surface area (TPSA) is 82.5 Å². The van der Waals surface area contributed by atoms with Crippen molar-refractivity contribution in [1.29, 1.82) is 0 Å². The zero-order valence-electron chi connectivity index (χ0n) is 10.2. The Morgan fingerprint density at radius 3 is 3.06 bits per heavy atom. The van der Waals surface area contributed by atoms with Gasteiger partial charge in [-0.3, -0.25) is 9.78 Å². The van der Waals surface area contributed by atoms with E-state index in [2.05, 4.69) is 10.3 Å². The van der Waals surface area contributed by atoms with Crippen molar-refractivity contribution < 1.29 is 15.0 Å². The molecule has 5 nitrogen and oxygen atoms in total. The molecule has 0 aliphatic heterocycles. The molecule has 0 aromatic carbocycles. The molecule has 1 aromatic heterocycles. The van der Waals surface area contributed by atoms with E-state index in [-0.39, 0.29) is 23.3 Å². The summed E-state index contributed by atoms with van der Waals surface area (Å²) in [5.41, 5.74) is 0.237. The largest absolute Gasteiger partial charge is 0.505 e. The number of carbonyl (C=O) groups is 1. The SMILES string of the molecule is O=C(NCC1CCCC(O)C1)c1ccncc1O. The number of amides is 1. The van der Waals surface area contributed by atoms with E-state index in [4.69, 9.17) is 0 Å². The lowest BCUT2D eigenvalue weighted by molar-refractivity contribution is 0.0871. The van der Waals surface area contributed by atoms with Crippen molar-refractivity contribution in [2.75, 3.05) is 6.54 Å². The molecule has 1 aromatic rings. The summed E-state index contributed by atoms with van der Waals surface area (Å²) in [5.74, 6) is -0.0877. The van der Waals surface area contributed by atoms with Crippen molar-refractivity contribution in [3.8, 4) is 5.75 Å². The molecule has 0 saturated heterocycles. The summed E-state index contributed by atoms with van der Waals surface area (Å²) >= 11 is 0. The highest BCUT2D eigenvalue weighted by molar-refractivity contribution is 5.96. The highest BCUT2D eigenvalue weighted by Crippen LogP contribution is 2.23. The fourth-order valence-electron chi connectivity index (χ4n) is 2.36. The third-order valence-corrected chi connectivity index (χ3v) is 3.35. The lowest BCUT2D eigenvalue weighted by atomic mass is 9.87. The fraction of sp³-hybridized carbons (Fsp3) is 0.538. The van der Waals surface area contributed by atoms with Gasteiger partial charge in [0.05, 0.1) is 17.9 Å². The molecule has 1 amide bonds.